The maximum absolute atomic E-state index is 14.0. The fourth-order valence-corrected chi connectivity index (χ4v) is 5.18. The molecule has 1 amide bonds. The molecule has 0 saturated carbocycles. The molecule has 174 valence electrons. The van der Waals surface area contributed by atoms with Gasteiger partial charge < -0.3 is 4.90 Å². The number of fused-ring (bicyclic) bond motifs is 2. The molecule has 0 aliphatic carbocycles. The summed E-state index contributed by atoms with van der Waals surface area (Å²) in [7, 11) is 1.78. The van der Waals surface area contributed by atoms with Crippen molar-refractivity contribution in [3.05, 3.63) is 77.4 Å². The van der Waals surface area contributed by atoms with Crippen molar-refractivity contribution < 1.29 is 13.6 Å². The molecule has 2 unspecified atom stereocenters. The Hall–Kier alpha value is -3.68. The van der Waals surface area contributed by atoms with Gasteiger partial charge in [0, 0.05) is 54.3 Å². The number of hydrogen-bond donors (Lipinski definition) is 0. The molecule has 1 aliphatic rings. The molecule has 0 radical (unpaired) electrons. The highest BCUT2D eigenvalue weighted by Crippen LogP contribution is 2.41. The van der Waals surface area contributed by atoms with Gasteiger partial charge in [0.05, 0.1) is 28.5 Å². The monoisotopic (exact) mass is 461 g/mol. The second kappa shape index (κ2) is 8.59. The van der Waals surface area contributed by atoms with Gasteiger partial charge in [-0.1, -0.05) is 13.8 Å². The van der Waals surface area contributed by atoms with Crippen molar-refractivity contribution in [1.29, 1.82) is 0 Å². The highest BCUT2D eigenvalue weighted by molar-refractivity contribution is 6.06. The molecule has 0 spiro atoms. The van der Waals surface area contributed by atoms with Crippen LogP contribution < -0.4 is 0 Å². The van der Waals surface area contributed by atoms with Crippen LogP contribution in [-0.4, -0.2) is 36.6 Å². The topological polar surface area (TPSA) is 63.9 Å². The van der Waals surface area contributed by atoms with Crippen LogP contribution in [0, 0.1) is 11.6 Å². The maximum atomic E-state index is 14.0. The van der Waals surface area contributed by atoms with E-state index in [1.54, 1.807) is 42.5 Å². The Bertz CT molecular complexity index is 1370. The third-order valence-corrected chi connectivity index (χ3v) is 6.66. The van der Waals surface area contributed by atoms with Gasteiger partial charge in [-0.2, -0.15) is 5.10 Å². The van der Waals surface area contributed by atoms with E-state index in [9.17, 15) is 13.6 Å². The van der Waals surface area contributed by atoms with Crippen molar-refractivity contribution in [3.8, 4) is 11.3 Å². The zero-order valence-corrected chi connectivity index (χ0v) is 19.3. The van der Waals surface area contributed by atoms with Crippen molar-refractivity contribution in [3.63, 3.8) is 0 Å². The summed E-state index contributed by atoms with van der Waals surface area (Å²) in [6.45, 7) is 4.07. The Kier molecular flexibility index (Phi) is 5.59. The lowest BCUT2D eigenvalue weighted by atomic mass is 9.87. The molecule has 1 aromatic carbocycles. The van der Waals surface area contributed by atoms with Gasteiger partial charge in [0.25, 0.3) is 5.91 Å². The summed E-state index contributed by atoms with van der Waals surface area (Å²) in [5.74, 6) is -1.35. The fourth-order valence-electron chi connectivity index (χ4n) is 5.18. The first-order valence-corrected chi connectivity index (χ1v) is 11.5. The average Bonchev–Trinajstić information content (AvgIpc) is 3.16. The van der Waals surface area contributed by atoms with Gasteiger partial charge in [0.1, 0.15) is 11.6 Å². The number of aryl methyl sites for hydroxylation is 1. The van der Waals surface area contributed by atoms with Crippen LogP contribution >= 0.6 is 0 Å². The first-order valence-electron chi connectivity index (χ1n) is 11.5. The Morgan fingerprint density at radius 2 is 1.85 bits per heavy atom. The van der Waals surface area contributed by atoms with E-state index in [1.807, 2.05) is 18.7 Å². The lowest BCUT2D eigenvalue weighted by Crippen LogP contribution is -2.47. The quantitative estimate of drug-likeness (QED) is 0.417. The number of nitrogens with zero attached hydrogens (tertiary/aromatic N) is 5. The SMILES string of the molecule is CCC1Cc2c(nn(C)c2-c2cc(F)cc(F)c2)C(CC)N1C(=O)c1ccnc2ccncc12. The van der Waals surface area contributed by atoms with Crippen molar-refractivity contribution in [2.75, 3.05) is 0 Å². The van der Waals surface area contributed by atoms with Gasteiger partial charge in [-0.25, -0.2) is 8.78 Å². The van der Waals surface area contributed by atoms with Crippen LogP contribution in [0.4, 0.5) is 8.78 Å². The third kappa shape index (κ3) is 3.54. The number of amides is 1. The van der Waals surface area contributed by atoms with Gasteiger partial charge in [-0.3, -0.25) is 19.4 Å². The molecule has 0 N–H and O–H groups in total. The van der Waals surface area contributed by atoms with Crippen LogP contribution in [0.15, 0.2) is 48.9 Å². The minimum Gasteiger partial charge on any atom is -0.327 e. The van der Waals surface area contributed by atoms with E-state index >= 15 is 0 Å². The number of rotatable bonds is 4. The summed E-state index contributed by atoms with van der Waals surface area (Å²) in [5.41, 5.74) is 4.13. The van der Waals surface area contributed by atoms with Crippen LogP contribution in [0.5, 0.6) is 0 Å². The van der Waals surface area contributed by atoms with E-state index in [0.29, 0.717) is 40.6 Å². The molecule has 4 heterocycles. The molecule has 6 nitrogen and oxygen atoms in total. The number of halogens is 2. The van der Waals surface area contributed by atoms with Crippen LogP contribution in [0.3, 0.4) is 0 Å². The minimum absolute atomic E-state index is 0.0891. The normalized spacial score (nSPS) is 17.7. The second-order valence-electron chi connectivity index (χ2n) is 8.65. The van der Waals surface area contributed by atoms with E-state index in [1.165, 1.54) is 12.1 Å². The summed E-state index contributed by atoms with van der Waals surface area (Å²) in [6, 6.07) is 6.69. The average molecular weight is 462 g/mol. The fraction of sp³-hybridized carbons (Fsp3) is 0.308. The molecule has 2 atom stereocenters. The third-order valence-electron chi connectivity index (χ3n) is 6.66. The van der Waals surface area contributed by atoms with Crippen molar-refractivity contribution in [1.82, 2.24) is 24.6 Å². The zero-order valence-electron chi connectivity index (χ0n) is 19.3. The lowest BCUT2D eigenvalue weighted by Gasteiger charge is -2.41. The molecular weight excluding hydrogens is 436 g/mol. The second-order valence-corrected chi connectivity index (χ2v) is 8.65. The molecule has 3 aromatic heterocycles. The first kappa shape index (κ1) is 22.1. The molecule has 4 aromatic rings. The smallest absolute Gasteiger partial charge is 0.255 e. The van der Waals surface area contributed by atoms with Crippen LogP contribution in [-0.2, 0) is 13.5 Å². The van der Waals surface area contributed by atoms with Crippen molar-refractivity contribution >= 4 is 16.8 Å². The van der Waals surface area contributed by atoms with Gasteiger partial charge in [-0.05, 0) is 43.5 Å². The Morgan fingerprint density at radius 3 is 2.56 bits per heavy atom. The molecular formula is C26H25F2N5O. The molecule has 0 saturated heterocycles. The van der Waals surface area contributed by atoms with Crippen LogP contribution in [0.25, 0.3) is 22.2 Å². The van der Waals surface area contributed by atoms with Gasteiger partial charge in [0.2, 0.25) is 0 Å². The van der Waals surface area contributed by atoms with E-state index in [4.69, 9.17) is 5.10 Å². The number of carbonyl (C=O) groups is 1. The predicted molar refractivity (Wildman–Crippen MR) is 125 cm³/mol. The van der Waals surface area contributed by atoms with Crippen LogP contribution in [0.1, 0.15) is 54.3 Å². The summed E-state index contributed by atoms with van der Waals surface area (Å²) in [4.78, 5) is 24.4. The summed E-state index contributed by atoms with van der Waals surface area (Å²) < 4.78 is 29.7. The number of aromatic nitrogens is 4. The number of pyridine rings is 2. The zero-order chi connectivity index (χ0) is 24.0. The number of hydrogen-bond acceptors (Lipinski definition) is 4. The summed E-state index contributed by atoms with van der Waals surface area (Å²) in [5, 5.41) is 5.46. The van der Waals surface area contributed by atoms with Crippen molar-refractivity contribution in [2.24, 2.45) is 7.05 Å². The highest BCUT2D eigenvalue weighted by Gasteiger charge is 2.40. The van der Waals surface area contributed by atoms with E-state index in [2.05, 4.69) is 9.97 Å². The molecule has 34 heavy (non-hydrogen) atoms. The van der Waals surface area contributed by atoms with Crippen LogP contribution in [0.2, 0.25) is 0 Å². The van der Waals surface area contributed by atoms with E-state index < -0.39 is 11.6 Å². The lowest BCUT2D eigenvalue weighted by molar-refractivity contribution is 0.0515. The Labute approximate surface area is 196 Å². The van der Waals surface area contributed by atoms with Gasteiger partial charge in [-0.15, -0.1) is 0 Å². The van der Waals surface area contributed by atoms with Crippen molar-refractivity contribution in [2.45, 2.75) is 45.2 Å². The highest BCUT2D eigenvalue weighted by atomic mass is 19.1. The summed E-state index contributed by atoms with van der Waals surface area (Å²) >= 11 is 0. The predicted octanol–water partition coefficient (Wildman–Crippen LogP) is 5.24. The molecule has 0 bridgehead atoms. The Morgan fingerprint density at radius 1 is 1.09 bits per heavy atom. The van der Waals surface area contributed by atoms with Gasteiger partial charge in [0.15, 0.2) is 0 Å². The minimum atomic E-state index is -0.630. The number of benzene rings is 1. The molecule has 8 heteroatoms. The summed E-state index contributed by atoms with van der Waals surface area (Å²) in [6.07, 6.45) is 6.91. The maximum Gasteiger partial charge on any atom is 0.255 e. The number of carbonyl (C=O) groups excluding carboxylic acids is 1. The molecule has 1 aliphatic heterocycles. The Balaban J connectivity index is 1.64. The molecule has 5 rings (SSSR count). The standard InChI is InChI=1S/C26H25F2N5O/c1-4-18-13-20-24(31-32(3)25(20)15-10-16(27)12-17(28)11-15)23(5-2)33(18)26(34)19-6-9-30-22-7-8-29-14-21(19)22/h6-12,14,18,23H,4-5,13H2,1-3H3. The first-order chi connectivity index (χ1) is 16.4. The van der Waals surface area contributed by atoms with E-state index in [0.717, 1.165) is 23.7 Å². The molecule has 0 fully saturated rings. The van der Waals surface area contributed by atoms with Gasteiger partial charge >= 0.3 is 0 Å². The largest absolute Gasteiger partial charge is 0.327 e. The van der Waals surface area contributed by atoms with E-state index in [-0.39, 0.29) is 18.0 Å².